The first-order valence-corrected chi connectivity index (χ1v) is 9.85. The van der Waals surface area contributed by atoms with Crippen LogP contribution in [0.5, 0.6) is 0 Å². The molecule has 0 radical (unpaired) electrons. The molecule has 0 saturated carbocycles. The number of likely N-dealkylation sites (tertiary alicyclic amines) is 1. The minimum Gasteiger partial charge on any atom is -0.733 e. The van der Waals surface area contributed by atoms with Gasteiger partial charge in [-0.1, -0.05) is 18.2 Å². The second-order valence-corrected chi connectivity index (χ2v) is 7.95. The first-order valence-electron chi connectivity index (χ1n) is 9.85. The topological polar surface area (TPSA) is 84.9 Å². The molecule has 7 heteroatoms. The number of fused-ring (bicyclic) bond motifs is 4. The highest BCUT2D eigenvalue weighted by Gasteiger charge is 2.34. The molecule has 0 unspecified atom stereocenters. The minimum atomic E-state index is -0.136. The van der Waals surface area contributed by atoms with Crippen LogP contribution in [0, 0.1) is 11.1 Å². The summed E-state index contributed by atoms with van der Waals surface area (Å²) in [6, 6.07) is 16.1. The standard InChI is InChI=1S/C22H22N3O4/c26-22-7-3-6-19-16-10-15(12-24(19)22)11-23(13-16)14-17-8-9-21(29-17)18-4-1-2-5-20(18)25(27)28/h1-9,15-16,27H,10-14H2/q-1/t15-,16-/m1/s1. The summed E-state index contributed by atoms with van der Waals surface area (Å²) in [4.78, 5) is 14.5. The molecule has 0 spiro atoms. The van der Waals surface area contributed by atoms with Crippen molar-refractivity contribution in [2.45, 2.75) is 25.4 Å². The van der Waals surface area contributed by atoms with E-state index >= 15 is 0 Å². The largest absolute Gasteiger partial charge is 0.733 e. The van der Waals surface area contributed by atoms with E-state index in [1.165, 1.54) is 0 Å². The molecule has 1 fully saturated rings. The number of furan rings is 1. The maximum absolute atomic E-state index is 12.2. The van der Waals surface area contributed by atoms with Crippen molar-refractivity contribution in [1.29, 1.82) is 0 Å². The summed E-state index contributed by atoms with van der Waals surface area (Å²) < 4.78 is 7.93. The molecule has 1 N–H and O–H groups in total. The van der Waals surface area contributed by atoms with Crippen LogP contribution in [0.4, 0.5) is 5.69 Å². The highest BCUT2D eigenvalue weighted by molar-refractivity contribution is 5.74. The van der Waals surface area contributed by atoms with Crippen LogP contribution in [-0.4, -0.2) is 27.8 Å². The summed E-state index contributed by atoms with van der Waals surface area (Å²) >= 11 is 0. The van der Waals surface area contributed by atoms with Gasteiger partial charge in [0.1, 0.15) is 11.5 Å². The third-order valence-electron chi connectivity index (χ3n) is 5.97. The van der Waals surface area contributed by atoms with Crippen LogP contribution in [0.25, 0.3) is 11.3 Å². The predicted octanol–water partition coefficient (Wildman–Crippen LogP) is 3.42. The van der Waals surface area contributed by atoms with Gasteiger partial charge in [-0.15, -0.1) is 0 Å². The van der Waals surface area contributed by atoms with Crippen molar-refractivity contribution in [3.05, 3.63) is 81.6 Å². The van der Waals surface area contributed by atoms with Gasteiger partial charge < -0.3 is 19.4 Å². The van der Waals surface area contributed by atoms with Gasteiger partial charge in [0.15, 0.2) is 0 Å². The van der Waals surface area contributed by atoms with E-state index < -0.39 is 0 Å². The average molecular weight is 392 g/mol. The van der Waals surface area contributed by atoms with E-state index in [1.54, 1.807) is 30.3 Å². The Morgan fingerprint density at radius 2 is 1.93 bits per heavy atom. The van der Waals surface area contributed by atoms with Crippen molar-refractivity contribution in [3.63, 3.8) is 0 Å². The fourth-order valence-corrected chi connectivity index (χ4v) is 4.80. The summed E-state index contributed by atoms with van der Waals surface area (Å²) in [5.41, 5.74) is 1.94. The Kier molecular flexibility index (Phi) is 4.50. The van der Waals surface area contributed by atoms with Gasteiger partial charge in [0, 0.05) is 42.9 Å². The number of benzene rings is 1. The number of hydrogen-bond acceptors (Lipinski definition) is 6. The van der Waals surface area contributed by atoms with E-state index in [0.717, 1.165) is 37.5 Å². The van der Waals surface area contributed by atoms with Crippen molar-refractivity contribution in [3.8, 4) is 11.3 Å². The molecular formula is C22H22N3O4-. The summed E-state index contributed by atoms with van der Waals surface area (Å²) in [6.07, 6.45) is 1.12. The van der Waals surface area contributed by atoms with Gasteiger partial charge in [-0.25, -0.2) is 0 Å². The molecule has 29 heavy (non-hydrogen) atoms. The molecule has 150 valence electrons. The van der Waals surface area contributed by atoms with Gasteiger partial charge in [0.2, 0.25) is 0 Å². The van der Waals surface area contributed by atoms with Crippen LogP contribution in [0.3, 0.4) is 0 Å². The summed E-state index contributed by atoms with van der Waals surface area (Å²) in [5, 5.41) is 20.6. The molecule has 2 aliphatic rings. The van der Waals surface area contributed by atoms with Gasteiger partial charge in [0.25, 0.3) is 5.56 Å². The number of anilines is 1. The van der Waals surface area contributed by atoms with Crippen molar-refractivity contribution >= 4 is 5.69 Å². The molecule has 2 bridgehead atoms. The number of hydrogen-bond donors (Lipinski definition) is 1. The lowest BCUT2D eigenvalue weighted by atomic mass is 9.83. The lowest BCUT2D eigenvalue weighted by Crippen LogP contribution is -2.46. The Morgan fingerprint density at radius 1 is 1.07 bits per heavy atom. The van der Waals surface area contributed by atoms with Gasteiger partial charge in [-0.2, -0.15) is 0 Å². The van der Waals surface area contributed by atoms with Crippen LogP contribution in [0.1, 0.15) is 23.8 Å². The first kappa shape index (κ1) is 18.2. The number of nitrogens with zero attached hydrogens (tertiary/aromatic N) is 3. The van der Waals surface area contributed by atoms with Crippen LogP contribution in [-0.2, 0) is 13.1 Å². The van der Waals surface area contributed by atoms with Crippen LogP contribution >= 0.6 is 0 Å². The highest BCUT2D eigenvalue weighted by atomic mass is 16.8. The van der Waals surface area contributed by atoms with Crippen molar-refractivity contribution in [1.82, 2.24) is 9.47 Å². The van der Waals surface area contributed by atoms with Gasteiger partial charge >= 0.3 is 0 Å². The fraction of sp³-hybridized carbons (Fsp3) is 0.318. The quantitative estimate of drug-likeness (QED) is 0.685. The Hall–Kier alpha value is -2.87. The molecule has 0 aliphatic carbocycles. The number of para-hydroxylation sites is 1. The maximum atomic E-state index is 12.2. The maximum Gasteiger partial charge on any atom is 0.250 e. The zero-order valence-electron chi connectivity index (χ0n) is 15.9. The normalized spacial score (nSPS) is 21.0. The van der Waals surface area contributed by atoms with Crippen molar-refractivity contribution in [2.24, 2.45) is 5.92 Å². The smallest absolute Gasteiger partial charge is 0.250 e. The van der Waals surface area contributed by atoms with E-state index in [-0.39, 0.29) is 16.5 Å². The van der Waals surface area contributed by atoms with Crippen LogP contribution in [0.2, 0.25) is 0 Å². The highest BCUT2D eigenvalue weighted by Crippen LogP contribution is 2.36. The monoisotopic (exact) mass is 392 g/mol. The molecule has 3 aromatic rings. The summed E-state index contributed by atoms with van der Waals surface area (Å²) in [7, 11) is 0. The fourth-order valence-electron chi connectivity index (χ4n) is 4.80. The summed E-state index contributed by atoms with van der Waals surface area (Å²) in [5.74, 6) is 2.19. The van der Waals surface area contributed by atoms with Crippen LogP contribution < -0.4 is 10.8 Å². The number of rotatable bonds is 4. The second kappa shape index (κ2) is 7.18. The Labute approximate surface area is 167 Å². The number of piperidine rings is 1. The van der Waals surface area contributed by atoms with E-state index in [0.29, 0.717) is 29.7 Å². The SMILES string of the molecule is O=c1cccc2n1C[C@@H]1C[C@@H]2CN(Cc2ccc(-c3ccccc3N([O-])O)o2)C1. The molecule has 0 amide bonds. The van der Waals surface area contributed by atoms with E-state index in [9.17, 15) is 15.2 Å². The molecule has 1 aromatic carbocycles. The van der Waals surface area contributed by atoms with E-state index in [2.05, 4.69) is 11.0 Å². The Balaban J connectivity index is 1.35. The third-order valence-corrected chi connectivity index (χ3v) is 5.97. The zero-order valence-corrected chi connectivity index (χ0v) is 15.9. The molecule has 2 atom stereocenters. The first-order chi connectivity index (χ1) is 14.1. The average Bonchev–Trinajstić information content (AvgIpc) is 3.17. The molecule has 2 aromatic heterocycles. The van der Waals surface area contributed by atoms with Crippen molar-refractivity contribution < 1.29 is 9.62 Å². The van der Waals surface area contributed by atoms with Gasteiger partial charge in [-0.05, 0) is 42.7 Å². The molecule has 2 aliphatic heterocycles. The van der Waals surface area contributed by atoms with E-state index in [4.69, 9.17) is 4.42 Å². The minimum absolute atomic E-state index is 0.0938. The predicted molar refractivity (Wildman–Crippen MR) is 109 cm³/mol. The zero-order chi connectivity index (χ0) is 20.0. The molecular weight excluding hydrogens is 370 g/mol. The molecule has 7 nitrogen and oxygen atoms in total. The van der Waals surface area contributed by atoms with Crippen LogP contribution in [0.15, 0.2) is 63.8 Å². The third kappa shape index (κ3) is 3.37. The lowest BCUT2D eigenvalue weighted by Gasteiger charge is -2.42. The Bertz CT molecular complexity index is 1090. The molecule has 5 rings (SSSR count). The van der Waals surface area contributed by atoms with Gasteiger partial charge in [0.05, 0.1) is 12.2 Å². The molecule has 1 saturated heterocycles. The van der Waals surface area contributed by atoms with Crippen molar-refractivity contribution in [2.75, 3.05) is 18.3 Å². The number of aromatic nitrogens is 1. The Morgan fingerprint density at radius 3 is 2.79 bits per heavy atom. The molecule has 4 heterocycles. The lowest BCUT2D eigenvalue weighted by molar-refractivity contribution is 0.108. The summed E-state index contributed by atoms with van der Waals surface area (Å²) in [6.45, 7) is 3.26. The number of pyridine rings is 1. The van der Waals surface area contributed by atoms with Gasteiger partial charge in [-0.3, -0.25) is 14.9 Å². The second-order valence-electron chi connectivity index (χ2n) is 7.95. The van der Waals surface area contributed by atoms with E-state index in [1.807, 2.05) is 22.8 Å².